The lowest BCUT2D eigenvalue weighted by atomic mass is 9.74. The van der Waals surface area contributed by atoms with Crippen LogP contribution in [0, 0.1) is 0 Å². The first-order valence-electron chi connectivity index (χ1n) is 10.9. The van der Waals surface area contributed by atoms with Gasteiger partial charge in [0.25, 0.3) is 0 Å². The van der Waals surface area contributed by atoms with Crippen molar-refractivity contribution in [2.45, 2.75) is 65.0 Å². The van der Waals surface area contributed by atoms with Crippen LogP contribution in [0.2, 0.25) is 0 Å². The zero-order valence-electron chi connectivity index (χ0n) is 19.1. The maximum Gasteiger partial charge on any atom is 0.0648 e. The number of nitrogens with zero attached hydrogens (tertiary/aromatic N) is 2. The number of hydrogen-bond acceptors (Lipinski definition) is 3. The summed E-state index contributed by atoms with van der Waals surface area (Å²) in [5, 5.41) is 10.3. The van der Waals surface area contributed by atoms with Crippen molar-refractivity contribution in [2.24, 2.45) is 0 Å². The van der Waals surface area contributed by atoms with Crippen LogP contribution in [0.3, 0.4) is 0 Å². The summed E-state index contributed by atoms with van der Waals surface area (Å²) < 4.78 is 0. The number of aliphatic hydroxyl groups is 1. The van der Waals surface area contributed by atoms with Gasteiger partial charge in [-0.2, -0.15) is 0 Å². The van der Waals surface area contributed by atoms with Gasteiger partial charge in [0.15, 0.2) is 0 Å². The Morgan fingerprint density at radius 3 is 2.14 bits per heavy atom. The average Bonchev–Trinajstić information content (AvgIpc) is 2.67. The highest BCUT2D eigenvalue weighted by Crippen LogP contribution is 2.41. The SMILES string of the molecule is CC(C)(C)c1cccc(N2CCN(Cc3ccccc3)CC2CO)c1C(C)(C)C. The van der Waals surface area contributed by atoms with Crippen molar-refractivity contribution in [1.82, 2.24) is 4.90 Å². The van der Waals surface area contributed by atoms with Crippen molar-refractivity contribution in [3.8, 4) is 0 Å². The largest absolute Gasteiger partial charge is 0.394 e. The standard InChI is InChI=1S/C26H38N2O/c1-25(2,3)22-13-10-14-23(24(22)26(4,5)6)28-16-15-27(18-21(28)19-29)17-20-11-8-7-9-12-20/h7-14,21,29H,15-19H2,1-6H3. The van der Waals surface area contributed by atoms with Crippen molar-refractivity contribution in [3.63, 3.8) is 0 Å². The normalized spacial score (nSPS) is 18.9. The molecule has 2 aromatic rings. The monoisotopic (exact) mass is 394 g/mol. The molecule has 0 radical (unpaired) electrons. The van der Waals surface area contributed by atoms with E-state index in [1.165, 1.54) is 22.4 Å². The van der Waals surface area contributed by atoms with Gasteiger partial charge >= 0.3 is 0 Å². The van der Waals surface area contributed by atoms with Gasteiger partial charge < -0.3 is 10.0 Å². The summed E-state index contributed by atoms with van der Waals surface area (Å²) >= 11 is 0. The summed E-state index contributed by atoms with van der Waals surface area (Å²) in [6.07, 6.45) is 0. The van der Waals surface area contributed by atoms with Crippen LogP contribution in [0.1, 0.15) is 58.2 Å². The predicted molar refractivity (Wildman–Crippen MR) is 124 cm³/mol. The van der Waals surface area contributed by atoms with Gasteiger partial charge in [-0.3, -0.25) is 4.90 Å². The molecule has 1 aliphatic heterocycles. The van der Waals surface area contributed by atoms with Gasteiger partial charge in [0.05, 0.1) is 12.6 Å². The fourth-order valence-corrected chi connectivity index (χ4v) is 4.57. The molecule has 3 rings (SSSR count). The third-order valence-corrected chi connectivity index (χ3v) is 5.94. The third kappa shape index (κ3) is 5.02. The maximum atomic E-state index is 10.3. The van der Waals surface area contributed by atoms with E-state index in [2.05, 4.69) is 99.9 Å². The van der Waals surface area contributed by atoms with Gasteiger partial charge in [-0.05, 0) is 33.6 Å². The highest BCUT2D eigenvalue weighted by atomic mass is 16.3. The first-order chi connectivity index (χ1) is 13.6. The molecule has 0 spiro atoms. The number of piperazine rings is 1. The molecule has 1 saturated heterocycles. The molecule has 1 fully saturated rings. The lowest BCUT2D eigenvalue weighted by Crippen LogP contribution is -2.55. The minimum absolute atomic E-state index is 0.0420. The zero-order chi connectivity index (χ0) is 21.2. The predicted octanol–water partition coefficient (Wildman–Crippen LogP) is 4.96. The molecule has 29 heavy (non-hydrogen) atoms. The molecule has 158 valence electrons. The molecule has 3 heteroatoms. The van der Waals surface area contributed by atoms with Crippen molar-refractivity contribution in [2.75, 3.05) is 31.1 Å². The van der Waals surface area contributed by atoms with E-state index in [-0.39, 0.29) is 23.5 Å². The number of benzene rings is 2. The van der Waals surface area contributed by atoms with Crippen LogP contribution in [0.25, 0.3) is 0 Å². The molecule has 3 nitrogen and oxygen atoms in total. The van der Waals surface area contributed by atoms with Crippen LogP contribution in [-0.2, 0) is 17.4 Å². The molecule has 1 N–H and O–H groups in total. The van der Waals surface area contributed by atoms with Crippen LogP contribution in [-0.4, -0.2) is 42.3 Å². The second-order valence-electron chi connectivity index (χ2n) is 10.5. The van der Waals surface area contributed by atoms with Crippen LogP contribution >= 0.6 is 0 Å². The second kappa shape index (κ2) is 8.49. The van der Waals surface area contributed by atoms with E-state index in [1.54, 1.807) is 0 Å². The minimum Gasteiger partial charge on any atom is -0.394 e. The van der Waals surface area contributed by atoms with Gasteiger partial charge in [-0.15, -0.1) is 0 Å². The molecule has 0 aromatic heterocycles. The van der Waals surface area contributed by atoms with E-state index >= 15 is 0 Å². The Morgan fingerprint density at radius 2 is 1.55 bits per heavy atom. The maximum absolute atomic E-state index is 10.3. The minimum atomic E-state index is 0.0420. The first-order valence-corrected chi connectivity index (χ1v) is 10.9. The van der Waals surface area contributed by atoms with Crippen LogP contribution in [0.4, 0.5) is 5.69 Å². The Kier molecular flexibility index (Phi) is 6.40. The smallest absolute Gasteiger partial charge is 0.0648 e. The summed E-state index contributed by atoms with van der Waals surface area (Å²) in [7, 11) is 0. The Morgan fingerprint density at radius 1 is 0.862 bits per heavy atom. The number of anilines is 1. The van der Waals surface area contributed by atoms with Gasteiger partial charge in [0, 0.05) is 31.9 Å². The van der Waals surface area contributed by atoms with Gasteiger partial charge in [-0.25, -0.2) is 0 Å². The summed E-state index contributed by atoms with van der Waals surface area (Å²) in [5.41, 5.74) is 5.59. The molecule has 0 amide bonds. The summed E-state index contributed by atoms with van der Waals surface area (Å²) in [6.45, 7) is 17.8. The molecule has 0 bridgehead atoms. The van der Waals surface area contributed by atoms with E-state index in [4.69, 9.17) is 0 Å². The van der Waals surface area contributed by atoms with Crippen LogP contribution in [0.5, 0.6) is 0 Å². The quantitative estimate of drug-likeness (QED) is 0.793. The highest BCUT2D eigenvalue weighted by Gasteiger charge is 2.33. The van der Waals surface area contributed by atoms with Gasteiger partial charge in [0.1, 0.15) is 0 Å². The van der Waals surface area contributed by atoms with Crippen LogP contribution in [0.15, 0.2) is 48.5 Å². The van der Waals surface area contributed by atoms with Crippen molar-refractivity contribution in [1.29, 1.82) is 0 Å². The topological polar surface area (TPSA) is 26.7 Å². The van der Waals surface area contributed by atoms with E-state index < -0.39 is 0 Å². The lowest BCUT2D eigenvalue weighted by molar-refractivity contribution is 0.164. The first kappa shape index (κ1) is 21.9. The Balaban J connectivity index is 1.91. The van der Waals surface area contributed by atoms with Crippen molar-refractivity contribution < 1.29 is 5.11 Å². The van der Waals surface area contributed by atoms with Crippen molar-refractivity contribution in [3.05, 3.63) is 65.2 Å². The molecule has 0 aliphatic carbocycles. The summed E-state index contributed by atoms with van der Waals surface area (Å²) in [5.74, 6) is 0. The average molecular weight is 395 g/mol. The van der Waals surface area contributed by atoms with Crippen molar-refractivity contribution >= 4 is 5.69 Å². The Bertz CT molecular complexity index is 802. The fourth-order valence-electron chi connectivity index (χ4n) is 4.57. The van der Waals surface area contributed by atoms with E-state index in [0.717, 1.165) is 26.2 Å². The summed E-state index contributed by atoms with van der Waals surface area (Å²) in [6, 6.07) is 17.5. The molecular formula is C26H38N2O. The molecule has 1 atom stereocenters. The molecule has 0 saturated carbocycles. The molecule has 1 aliphatic rings. The fraction of sp³-hybridized carbons (Fsp3) is 0.538. The summed E-state index contributed by atoms with van der Waals surface area (Å²) in [4.78, 5) is 4.93. The van der Waals surface area contributed by atoms with Crippen LogP contribution < -0.4 is 4.90 Å². The second-order valence-corrected chi connectivity index (χ2v) is 10.5. The molecule has 2 aromatic carbocycles. The third-order valence-electron chi connectivity index (χ3n) is 5.94. The highest BCUT2D eigenvalue weighted by molar-refractivity contribution is 5.62. The number of aliphatic hydroxyl groups excluding tert-OH is 1. The van der Waals surface area contributed by atoms with Gasteiger partial charge in [0.2, 0.25) is 0 Å². The lowest BCUT2D eigenvalue weighted by Gasteiger charge is -2.45. The number of hydrogen-bond donors (Lipinski definition) is 1. The zero-order valence-corrected chi connectivity index (χ0v) is 19.1. The Labute approximate surface area is 177 Å². The van der Waals surface area contributed by atoms with E-state index in [9.17, 15) is 5.11 Å². The molecule has 1 heterocycles. The van der Waals surface area contributed by atoms with Gasteiger partial charge in [-0.1, -0.05) is 84.0 Å². The number of rotatable bonds is 4. The van der Waals surface area contributed by atoms with E-state index in [1.807, 2.05) is 0 Å². The van der Waals surface area contributed by atoms with E-state index in [0.29, 0.717) is 0 Å². The molecule has 1 unspecified atom stereocenters. The Hall–Kier alpha value is -1.84. The molecular weight excluding hydrogens is 356 g/mol.